The van der Waals surface area contributed by atoms with Crippen LogP contribution in [0.3, 0.4) is 0 Å². The van der Waals surface area contributed by atoms with E-state index in [1.807, 2.05) is 37.3 Å². The Hall–Kier alpha value is -2.67. The quantitative estimate of drug-likeness (QED) is 0.657. The first kappa shape index (κ1) is 18.1. The van der Waals surface area contributed by atoms with Crippen LogP contribution in [0.4, 0.5) is 4.39 Å². The van der Waals surface area contributed by atoms with Gasteiger partial charge in [0.05, 0.1) is 11.3 Å². The van der Waals surface area contributed by atoms with Gasteiger partial charge in [0.25, 0.3) is 5.22 Å². The van der Waals surface area contributed by atoms with Crippen molar-refractivity contribution in [3.63, 3.8) is 0 Å². The number of aromatic nitrogens is 2. The first-order chi connectivity index (χ1) is 12.5. The third kappa shape index (κ3) is 4.49. The average Bonchev–Trinajstić information content (AvgIpc) is 3.11. The fourth-order valence-electron chi connectivity index (χ4n) is 2.33. The standard InChI is InChI=1S/C19H18FN3O2S/c1-12(14-8-10-16(20)11-9-14)21-17(24)13(2)26-19-23-22-18(25-19)15-6-4-3-5-7-15/h3-13H,1-2H3,(H,21,24)/t12-,13-/m1/s1. The van der Waals surface area contributed by atoms with E-state index in [0.29, 0.717) is 11.1 Å². The summed E-state index contributed by atoms with van der Waals surface area (Å²) < 4.78 is 18.6. The molecule has 7 heteroatoms. The van der Waals surface area contributed by atoms with E-state index in [4.69, 9.17) is 4.42 Å². The van der Waals surface area contributed by atoms with Crippen molar-refractivity contribution in [2.45, 2.75) is 30.4 Å². The topological polar surface area (TPSA) is 68.0 Å². The number of carbonyl (C=O) groups excluding carboxylic acids is 1. The zero-order chi connectivity index (χ0) is 18.5. The van der Waals surface area contributed by atoms with Gasteiger partial charge in [-0.2, -0.15) is 0 Å². The van der Waals surface area contributed by atoms with Crippen LogP contribution >= 0.6 is 11.8 Å². The zero-order valence-electron chi connectivity index (χ0n) is 14.3. The molecule has 3 rings (SSSR count). The van der Waals surface area contributed by atoms with Crippen molar-refractivity contribution in [1.29, 1.82) is 0 Å². The Morgan fingerprint density at radius 1 is 1.08 bits per heavy atom. The van der Waals surface area contributed by atoms with Gasteiger partial charge in [-0.15, -0.1) is 10.2 Å². The largest absolute Gasteiger partial charge is 0.411 e. The summed E-state index contributed by atoms with van der Waals surface area (Å²) >= 11 is 1.19. The van der Waals surface area contributed by atoms with Gasteiger partial charge >= 0.3 is 0 Å². The van der Waals surface area contributed by atoms with Crippen LogP contribution in [0.5, 0.6) is 0 Å². The van der Waals surface area contributed by atoms with Crippen LogP contribution in [-0.4, -0.2) is 21.4 Å². The number of hydrogen-bond donors (Lipinski definition) is 1. The molecule has 3 aromatic rings. The van der Waals surface area contributed by atoms with Crippen molar-refractivity contribution in [3.8, 4) is 11.5 Å². The van der Waals surface area contributed by atoms with Gasteiger partial charge < -0.3 is 9.73 Å². The molecule has 0 spiro atoms. The lowest BCUT2D eigenvalue weighted by Gasteiger charge is -2.16. The fraction of sp³-hybridized carbons (Fsp3) is 0.211. The molecule has 1 N–H and O–H groups in total. The highest BCUT2D eigenvalue weighted by molar-refractivity contribution is 8.00. The second kappa shape index (κ2) is 8.14. The van der Waals surface area contributed by atoms with Gasteiger partial charge in [-0.05, 0) is 43.7 Å². The molecule has 0 radical (unpaired) electrons. The van der Waals surface area contributed by atoms with E-state index in [1.54, 1.807) is 19.1 Å². The molecule has 0 bridgehead atoms. The summed E-state index contributed by atoms with van der Waals surface area (Å²) in [6.45, 7) is 3.62. The maximum Gasteiger partial charge on any atom is 0.277 e. The van der Waals surface area contributed by atoms with Crippen LogP contribution < -0.4 is 5.32 Å². The number of rotatable bonds is 6. The highest BCUT2D eigenvalue weighted by Crippen LogP contribution is 2.26. The Labute approximate surface area is 155 Å². The van der Waals surface area contributed by atoms with Gasteiger partial charge in [0.15, 0.2) is 0 Å². The minimum absolute atomic E-state index is 0.161. The van der Waals surface area contributed by atoms with E-state index in [9.17, 15) is 9.18 Å². The number of hydrogen-bond acceptors (Lipinski definition) is 5. The fourth-order valence-corrected chi connectivity index (χ4v) is 3.02. The van der Waals surface area contributed by atoms with E-state index in [0.717, 1.165) is 11.1 Å². The molecule has 0 aliphatic rings. The van der Waals surface area contributed by atoms with Crippen LogP contribution in [0, 0.1) is 5.82 Å². The molecule has 134 valence electrons. The number of thioether (sulfide) groups is 1. The van der Waals surface area contributed by atoms with Gasteiger partial charge in [0.1, 0.15) is 5.82 Å². The van der Waals surface area contributed by atoms with Crippen molar-refractivity contribution < 1.29 is 13.6 Å². The van der Waals surface area contributed by atoms with Crippen molar-refractivity contribution in [2.24, 2.45) is 0 Å². The van der Waals surface area contributed by atoms with Gasteiger partial charge in [-0.1, -0.05) is 42.1 Å². The van der Waals surface area contributed by atoms with Gasteiger partial charge in [0.2, 0.25) is 11.8 Å². The van der Waals surface area contributed by atoms with Crippen LogP contribution in [0.2, 0.25) is 0 Å². The summed E-state index contributed by atoms with van der Waals surface area (Å²) in [7, 11) is 0. The molecule has 0 saturated carbocycles. The van der Waals surface area contributed by atoms with Crippen LogP contribution in [0.25, 0.3) is 11.5 Å². The molecular formula is C19H18FN3O2S. The monoisotopic (exact) mass is 371 g/mol. The Bertz CT molecular complexity index is 868. The number of amides is 1. The van der Waals surface area contributed by atoms with Gasteiger partial charge in [0, 0.05) is 5.56 Å². The lowest BCUT2D eigenvalue weighted by atomic mass is 10.1. The molecule has 0 aliphatic carbocycles. The van der Waals surface area contributed by atoms with E-state index in [2.05, 4.69) is 15.5 Å². The van der Waals surface area contributed by atoms with E-state index in [-0.39, 0.29) is 17.8 Å². The molecule has 5 nitrogen and oxygen atoms in total. The zero-order valence-corrected chi connectivity index (χ0v) is 15.2. The van der Waals surface area contributed by atoms with Gasteiger partial charge in [-0.3, -0.25) is 4.79 Å². The number of benzene rings is 2. The minimum Gasteiger partial charge on any atom is -0.411 e. The molecule has 2 atom stereocenters. The van der Waals surface area contributed by atoms with Crippen LogP contribution in [0.15, 0.2) is 64.2 Å². The van der Waals surface area contributed by atoms with Crippen molar-refractivity contribution in [1.82, 2.24) is 15.5 Å². The number of halogens is 1. The number of nitrogens with one attached hydrogen (secondary N) is 1. The summed E-state index contributed by atoms with van der Waals surface area (Å²) in [4.78, 5) is 12.4. The highest BCUT2D eigenvalue weighted by Gasteiger charge is 2.20. The van der Waals surface area contributed by atoms with Gasteiger partial charge in [-0.25, -0.2) is 4.39 Å². The predicted octanol–water partition coefficient (Wildman–Crippen LogP) is 4.23. The SMILES string of the molecule is C[C@@H](Sc1nnc(-c2ccccc2)o1)C(=O)N[C@H](C)c1ccc(F)cc1. The number of carbonyl (C=O) groups is 1. The summed E-state index contributed by atoms with van der Waals surface area (Å²) in [6, 6.07) is 15.3. The molecule has 1 heterocycles. The van der Waals surface area contributed by atoms with Crippen molar-refractivity contribution in [2.75, 3.05) is 0 Å². The lowest BCUT2D eigenvalue weighted by molar-refractivity contribution is -0.120. The maximum atomic E-state index is 13.0. The molecule has 26 heavy (non-hydrogen) atoms. The Balaban J connectivity index is 1.59. The smallest absolute Gasteiger partial charge is 0.277 e. The maximum absolute atomic E-state index is 13.0. The second-order valence-electron chi connectivity index (χ2n) is 5.78. The van der Waals surface area contributed by atoms with E-state index in [1.165, 1.54) is 23.9 Å². The normalized spacial score (nSPS) is 13.2. The van der Waals surface area contributed by atoms with E-state index >= 15 is 0 Å². The molecule has 1 aromatic heterocycles. The molecule has 0 aliphatic heterocycles. The lowest BCUT2D eigenvalue weighted by Crippen LogP contribution is -2.33. The molecular weight excluding hydrogens is 353 g/mol. The van der Waals surface area contributed by atoms with Crippen molar-refractivity contribution >= 4 is 17.7 Å². The number of nitrogens with zero attached hydrogens (tertiary/aromatic N) is 2. The van der Waals surface area contributed by atoms with E-state index < -0.39 is 5.25 Å². The molecule has 0 saturated heterocycles. The second-order valence-corrected chi connectivity index (χ2v) is 7.07. The summed E-state index contributed by atoms with van der Waals surface area (Å²) in [6.07, 6.45) is 0. The first-order valence-electron chi connectivity index (χ1n) is 8.14. The highest BCUT2D eigenvalue weighted by atomic mass is 32.2. The third-order valence-electron chi connectivity index (χ3n) is 3.80. The third-order valence-corrected chi connectivity index (χ3v) is 4.74. The van der Waals surface area contributed by atoms with Crippen LogP contribution in [-0.2, 0) is 4.79 Å². The van der Waals surface area contributed by atoms with Crippen LogP contribution in [0.1, 0.15) is 25.5 Å². The summed E-state index contributed by atoms with van der Waals surface area (Å²) in [5, 5.41) is 10.8. The molecule has 0 unspecified atom stereocenters. The predicted molar refractivity (Wildman–Crippen MR) is 98.0 cm³/mol. The Morgan fingerprint density at radius 2 is 1.77 bits per heavy atom. The Kier molecular flexibility index (Phi) is 5.68. The first-order valence-corrected chi connectivity index (χ1v) is 9.02. The average molecular weight is 371 g/mol. The Morgan fingerprint density at radius 3 is 2.46 bits per heavy atom. The summed E-state index contributed by atoms with van der Waals surface area (Å²) in [5.41, 5.74) is 1.66. The van der Waals surface area contributed by atoms with Crippen molar-refractivity contribution in [3.05, 3.63) is 66.0 Å². The minimum atomic E-state index is -0.415. The molecule has 0 fully saturated rings. The summed E-state index contributed by atoms with van der Waals surface area (Å²) in [5.74, 6) is -0.0477. The molecule has 1 amide bonds. The molecule has 2 aromatic carbocycles.